The smallest absolute Gasteiger partial charge is 0.220 e. The van der Waals surface area contributed by atoms with Gasteiger partial charge in [-0.25, -0.2) is 4.98 Å². The molecule has 0 saturated heterocycles. The quantitative estimate of drug-likeness (QED) is 0.354. The van der Waals surface area contributed by atoms with Crippen molar-refractivity contribution in [3.63, 3.8) is 0 Å². The first-order valence-electron chi connectivity index (χ1n) is 11.9. The first-order chi connectivity index (χ1) is 16.4. The maximum atomic E-state index is 12.4. The van der Waals surface area contributed by atoms with Crippen LogP contribution in [-0.4, -0.2) is 22.1 Å². The molecule has 0 spiro atoms. The number of carbonyl (C=O) groups is 1. The van der Waals surface area contributed by atoms with E-state index in [1.807, 2.05) is 60.7 Å². The van der Waals surface area contributed by atoms with E-state index in [4.69, 9.17) is 9.72 Å². The highest BCUT2D eigenvalue weighted by molar-refractivity contribution is 5.77. The van der Waals surface area contributed by atoms with E-state index in [9.17, 15) is 4.79 Å². The maximum absolute atomic E-state index is 12.4. The van der Waals surface area contributed by atoms with E-state index in [-0.39, 0.29) is 11.3 Å². The van der Waals surface area contributed by atoms with Crippen molar-refractivity contribution >= 4 is 16.9 Å². The van der Waals surface area contributed by atoms with E-state index >= 15 is 0 Å². The summed E-state index contributed by atoms with van der Waals surface area (Å²) in [6.45, 7) is 8.17. The third-order valence-electron chi connectivity index (χ3n) is 5.96. The first-order valence-corrected chi connectivity index (χ1v) is 11.9. The number of imidazole rings is 1. The molecule has 5 heteroatoms. The highest BCUT2D eigenvalue weighted by Gasteiger charge is 2.14. The molecule has 0 aliphatic carbocycles. The van der Waals surface area contributed by atoms with E-state index in [1.54, 1.807) is 0 Å². The van der Waals surface area contributed by atoms with Crippen LogP contribution in [0.5, 0.6) is 5.75 Å². The van der Waals surface area contributed by atoms with Crippen molar-refractivity contribution in [2.24, 2.45) is 0 Å². The average Bonchev–Trinajstić information content (AvgIpc) is 3.19. The summed E-state index contributed by atoms with van der Waals surface area (Å²) in [5.41, 5.74) is 4.53. The lowest BCUT2D eigenvalue weighted by Crippen LogP contribution is -2.25. The van der Waals surface area contributed by atoms with E-state index in [1.165, 1.54) is 5.56 Å². The summed E-state index contributed by atoms with van der Waals surface area (Å²) in [6.07, 6.45) is 1.18. The molecule has 3 aromatic carbocycles. The van der Waals surface area contributed by atoms with Crippen molar-refractivity contribution in [2.75, 3.05) is 6.61 Å². The molecule has 0 aliphatic rings. The number of para-hydroxylation sites is 2. The minimum atomic E-state index is 0.0256. The number of amides is 1. The molecule has 1 aromatic heterocycles. The van der Waals surface area contributed by atoms with Crippen LogP contribution >= 0.6 is 0 Å². The number of rotatable bonds is 9. The summed E-state index contributed by atoms with van der Waals surface area (Å²) in [7, 11) is 0. The number of carbonyl (C=O) groups excluding carboxylic acids is 1. The number of fused-ring (bicyclic) bond motifs is 1. The topological polar surface area (TPSA) is 56.1 Å². The van der Waals surface area contributed by atoms with E-state index in [0.717, 1.165) is 34.6 Å². The molecule has 0 aliphatic heterocycles. The number of nitrogens with one attached hydrogen (secondary N) is 1. The monoisotopic (exact) mass is 455 g/mol. The maximum Gasteiger partial charge on any atom is 0.220 e. The van der Waals surface area contributed by atoms with Gasteiger partial charge < -0.3 is 14.6 Å². The van der Waals surface area contributed by atoms with Crippen LogP contribution in [0.2, 0.25) is 0 Å². The predicted molar refractivity (Wildman–Crippen MR) is 137 cm³/mol. The Hall–Kier alpha value is -3.60. The molecule has 34 heavy (non-hydrogen) atoms. The van der Waals surface area contributed by atoms with Gasteiger partial charge >= 0.3 is 0 Å². The van der Waals surface area contributed by atoms with Gasteiger partial charge in [0.15, 0.2) is 0 Å². The number of benzene rings is 3. The lowest BCUT2D eigenvalue weighted by Gasteiger charge is -2.19. The molecular weight excluding hydrogens is 422 g/mol. The summed E-state index contributed by atoms with van der Waals surface area (Å²) in [5, 5.41) is 3.04. The van der Waals surface area contributed by atoms with Gasteiger partial charge in [0, 0.05) is 6.42 Å². The molecule has 4 rings (SSSR count). The second kappa shape index (κ2) is 10.6. The lowest BCUT2D eigenvalue weighted by molar-refractivity contribution is -0.121. The summed E-state index contributed by atoms with van der Waals surface area (Å²) >= 11 is 0. The van der Waals surface area contributed by atoms with Crippen LogP contribution in [0.4, 0.5) is 0 Å². The van der Waals surface area contributed by atoms with Gasteiger partial charge in [0.25, 0.3) is 0 Å². The fourth-order valence-electron chi connectivity index (χ4n) is 3.98. The Morgan fingerprint density at radius 2 is 1.65 bits per heavy atom. The number of aryl methyl sites for hydroxylation is 1. The molecule has 0 fully saturated rings. The summed E-state index contributed by atoms with van der Waals surface area (Å²) in [6, 6.07) is 26.4. The summed E-state index contributed by atoms with van der Waals surface area (Å²) in [4.78, 5) is 17.2. The molecule has 5 nitrogen and oxygen atoms in total. The minimum Gasteiger partial charge on any atom is -0.492 e. The van der Waals surface area contributed by atoms with Crippen molar-refractivity contribution in [2.45, 2.75) is 52.1 Å². The number of nitrogens with zero attached hydrogens (tertiary/aromatic N) is 2. The fourth-order valence-corrected chi connectivity index (χ4v) is 3.98. The van der Waals surface area contributed by atoms with E-state index in [2.05, 4.69) is 48.9 Å². The zero-order valence-corrected chi connectivity index (χ0v) is 20.3. The van der Waals surface area contributed by atoms with E-state index in [0.29, 0.717) is 26.1 Å². The van der Waals surface area contributed by atoms with Crippen LogP contribution in [0.15, 0.2) is 78.9 Å². The van der Waals surface area contributed by atoms with Gasteiger partial charge in [0.05, 0.1) is 24.1 Å². The Morgan fingerprint density at radius 1 is 0.941 bits per heavy atom. The third-order valence-corrected chi connectivity index (χ3v) is 5.96. The highest BCUT2D eigenvalue weighted by Crippen LogP contribution is 2.24. The van der Waals surface area contributed by atoms with Gasteiger partial charge in [0.2, 0.25) is 5.91 Å². The van der Waals surface area contributed by atoms with Gasteiger partial charge in [-0.3, -0.25) is 4.79 Å². The Morgan fingerprint density at radius 3 is 2.38 bits per heavy atom. The molecule has 1 amide bonds. The van der Waals surface area contributed by atoms with Crippen LogP contribution in [0.25, 0.3) is 11.0 Å². The van der Waals surface area contributed by atoms with E-state index < -0.39 is 0 Å². The lowest BCUT2D eigenvalue weighted by atomic mass is 9.87. The Kier molecular flexibility index (Phi) is 7.31. The van der Waals surface area contributed by atoms with Gasteiger partial charge in [-0.2, -0.15) is 0 Å². The third kappa shape index (κ3) is 6.04. The number of hydrogen-bond acceptors (Lipinski definition) is 3. The Labute approximate surface area is 201 Å². The van der Waals surface area contributed by atoms with Crippen molar-refractivity contribution in [3.05, 3.63) is 95.8 Å². The Balaban J connectivity index is 1.37. The van der Waals surface area contributed by atoms with Crippen LogP contribution in [0, 0.1) is 0 Å². The number of ether oxygens (including phenoxy) is 1. The molecule has 0 bridgehead atoms. The molecule has 4 aromatic rings. The molecule has 0 atom stereocenters. The zero-order chi connectivity index (χ0) is 24.0. The standard InChI is InChI=1S/C29H33N3O2/c1-29(2,3)23-14-16-24(17-15-23)34-20-19-32-26-12-8-7-11-25(26)31-27(32)21-30-28(33)18-13-22-9-5-4-6-10-22/h4-12,14-17H,13,18-21H2,1-3H3,(H,30,33). The van der Waals surface area contributed by atoms with Gasteiger partial charge in [-0.15, -0.1) is 0 Å². The van der Waals surface area contributed by atoms with Crippen LogP contribution < -0.4 is 10.1 Å². The van der Waals surface area contributed by atoms with Crippen molar-refractivity contribution in [3.8, 4) is 5.75 Å². The molecule has 0 unspecified atom stereocenters. The van der Waals surface area contributed by atoms with Crippen LogP contribution in [0.3, 0.4) is 0 Å². The largest absolute Gasteiger partial charge is 0.492 e. The molecule has 0 saturated carbocycles. The van der Waals surface area contributed by atoms with Crippen molar-refractivity contribution < 1.29 is 9.53 Å². The SMILES string of the molecule is CC(C)(C)c1ccc(OCCn2c(CNC(=O)CCc3ccccc3)nc3ccccc32)cc1. The Bertz CT molecular complexity index is 1220. The van der Waals surface area contributed by atoms with Gasteiger partial charge in [0.1, 0.15) is 18.2 Å². The normalized spacial score (nSPS) is 11.5. The summed E-state index contributed by atoms with van der Waals surface area (Å²) < 4.78 is 8.16. The molecule has 176 valence electrons. The van der Waals surface area contributed by atoms with Crippen LogP contribution in [0.1, 0.15) is 44.1 Å². The highest BCUT2D eigenvalue weighted by atomic mass is 16.5. The zero-order valence-electron chi connectivity index (χ0n) is 20.3. The molecular formula is C29H33N3O2. The molecule has 1 N–H and O–H groups in total. The number of hydrogen-bond donors (Lipinski definition) is 1. The minimum absolute atomic E-state index is 0.0256. The summed E-state index contributed by atoms with van der Waals surface area (Å²) in [5.74, 6) is 1.71. The molecule has 1 heterocycles. The first kappa shape index (κ1) is 23.6. The van der Waals surface area contributed by atoms with Gasteiger partial charge in [-0.1, -0.05) is 75.4 Å². The van der Waals surface area contributed by atoms with Crippen LogP contribution in [-0.2, 0) is 29.7 Å². The van der Waals surface area contributed by atoms with Crippen molar-refractivity contribution in [1.82, 2.24) is 14.9 Å². The van der Waals surface area contributed by atoms with Crippen molar-refractivity contribution in [1.29, 1.82) is 0 Å². The molecule has 0 radical (unpaired) electrons. The number of aromatic nitrogens is 2. The predicted octanol–water partition coefficient (Wildman–Crippen LogP) is 5.66. The second-order valence-electron chi connectivity index (χ2n) is 9.55. The fraction of sp³-hybridized carbons (Fsp3) is 0.310. The van der Waals surface area contributed by atoms with Gasteiger partial charge in [-0.05, 0) is 47.2 Å². The average molecular weight is 456 g/mol. The second-order valence-corrected chi connectivity index (χ2v) is 9.55.